The summed E-state index contributed by atoms with van der Waals surface area (Å²) in [6.07, 6.45) is 6.31. The number of rotatable bonds is 5. The molecule has 3 N–H and O–H groups in total. The van der Waals surface area contributed by atoms with Crippen LogP contribution in [0.15, 0.2) is 0 Å². The molecule has 1 saturated carbocycles. The van der Waals surface area contributed by atoms with Crippen LogP contribution in [0.1, 0.15) is 52.9 Å². The normalized spacial score (nSPS) is 26.7. The molecule has 2 unspecified atom stereocenters. The van der Waals surface area contributed by atoms with Crippen molar-refractivity contribution in [3.05, 3.63) is 0 Å². The largest absolute Gasteiger partial charge is 0.387 e. The van der Waals surface area contributed by atoms with Gasteiger partial charge in [0.2, 0.25) is 0 Å². The fourth-order valence-corrected chi connectivity index (χ4v) is 2.15. The van der Waals surface area contributed by atoms with Crippen LogP contribution >= 0.6 is 0 Å². The second kappa shape index (κ2) is 5.67. The highest BCUT2D eigenvalue weighted by Gasteiger charge is 2.23. The minimum absolute atomic E-state index is 0.222. The summed E-state index contributed by atoms with van der Waals surface area (Å²) in [4.78, 5) is 0. The van der Waals surface area contributed by atoms with Crippen molar-refractivity contribution in [3.8, 4) is 0 Å². The molecule has 1 aliphatic carbocycles. The third-order valence-electron chi connectivity index (χ3n) is 3.70. The first-order valence-electron chi connectivity index (χ1n) is 6.38. The molecule has 0 aromatic heterocycles. The predicted octanol–water partition coefficient (Wildman–Crippen LogP) is 2.93. The fraction of sp³-hybridized carbons (Fsp3) is 0.923. The quantitative estimate of drug-likeness (QED) is 0.559. The van der Waals surface area contributed by atoms with Gasteiger partial charge >= 0.3 is 0 Å². The van der Waals surface area contributed by atoms with E-state index in [1.54, 1.807) is 0 Å². The maximum Gasteiger partial charge on any atom is 0.0963 e. The van der Waals surface area contributed by atoms with Gasteiger partial charge in [0.25, 0.3) is 0 Å². The van der Waals surface area contributed by atoms with Gasteiger partial charge in [-0.25, -0.2) is 0 Å². The smallest absolute Gasteiger partial charge is 0.0963 e. The molecule has 0 aromatic carbocycles. The lowest BCUT2D eigenvalue weighted by Gasteiger charge is -2.29. The minimum Gasteiger partial charge on any atom is -0.387 e. The summed E-state index contributed by atoms with van der Waals surface area (Å²) in [5.74, 6) is 1.06. The average Bonchev–Trinajstić information content (AvgIpc) is 2.17. The number of nitrogens with two attached hydrogens (primary N) is 1. The van der Waals surface area contributed by atoms with Crippen LogP contribution in [0.4, 0.5) is 0 Å². The van der Waals surface area contributed by atoms with E-state index < -0.39 is 0 Å². The Bertz CT molecular complexity index is 238. The predicted molar refractivity (Wildman–Crippen MR) is 67.7 cm³/mol. The molecule has 0 aromatic rings. The molecular weight excluding hydrogens is 200 g/mol. The molecule has 0 heterocycles. The van der Waals surface area contributed by atoms with Crippen molar-refractivity contribution in [3.63, 3.8) is 0 Å². The van der Waals surface area contributed by atoms with Gasteiger partial charge in [0.05, 0.1) is 11.9 Å². The molecule has 3 nitrogen and oxygen atoms in total. The van der Waals surface area contributed by atoms with E-state index in [1.807, 2.05) is 13.8 Å². The van der Waals surface area contributed by atoms with Crippen molar-refractivity contribution in [2.24, 2.45) is 17.1 Å². The lowest BCUT2D eigenvalue weighted by atomic mass is 9.87. The van der Waals surface area contributed by atoms with E-state index in [1.165, 1.54) is 25.7 Å². The minimum atomic E-state index is -0.222. The van der Waals surface area contributed by atoms with Crippen molar-refractivity contribution in [1.29, 1.82) is 5.41 Å². The van der Waals surface area contributed by atoms with E-state index in [0.29, 0.717) is 6.10 Å². The monoisotopic (exact) mass is 226 g/mol. The number of nitrogens with one attached hydrogen (secondary N) is 1. The molecule has 94 valence electrons. The molecular formula is C13H26N2O. The SMILES string of the molecule is CC1CCCC(OCCC(C)(C)C(=N)N)C1. The Morgan fingerprint density at radius 2 is 2.12 bits per heavy atom. The highest BCUT2D eigenvalue weighted by atomic mass is 16.5. The first-order valence-corrected chi connectivity index (χ1v) is 6.38. The van der Waals surface area contributed by atoms with E-state index in [9.17, 15) is 0 Å². The highest BCUT2D eigenvalue weighted by Crippen LogP contribution is 2.27. The summed E-state index contributed by atoms with van der Waals surface area (Å²) in [6, 6.07) is 0. The van der Waals surface area contributed by atoms with E-state index in [-0.39, 0.29) is 11.3 Å². The first kappa shape index (κ1) is 13.5. The lowest BCUT2D eigenvalue weighted by molar-refractivity contribution is 0.00768. The molecule has 3 heteroatoms. The third kappa shape index (κ3) is 4.12. The van der Waals surface area contributed by atoms with Crippen LogP contribution < -0.4 is 5.73 Å². The van der Waals surface area contributed by atoms with Crippen LogP contribution in [0.5, 0.6) is 0 Å². The molecule has 1 fully saturated rings. The number of amidine groups is 1. The van der Waals surface area contributed by atoms with Gasteiger partial charge in [-0.05, 0) is 25.2 Å². The van der Waals surface area contributed by atoms with Gasteiger partial charge < -0.3 is 10.5 Å². The van der Waals surface area contributed by atoms with E-state index in [0.717, 1.165) is 18.9 Å². The van der Waals surface area contributed by atoms with Crippen molar-refractivity contribution >= 4 is 5.84 Å². The molecule has 0 spiro atoms. The summed E-state index contributed by atoms with van der Waals surface area (Å²) >= 11 is 0. The Balaban J connectivity index is 2.22. The molecule has 0 bridgehead atoms. The zero-order valence-electron chi connectivity index (χ0n) is 10.9. The van der Waals surface area contributed by atoms with Gasteiger partial charge in [-0.15, -0.1) is 0 Å². The maximum atomic E-state index is 7.47. The number of hydrogen-bond acceptors (Lipinski definition) is 2. The zero-order chi connectivity index (χ0) is 12.2. The Hall–Kier alpha value is -0.570. The van der Waals surface area contributed by atoms with Gasteiger partial charge in [0, 0.05) is 12.0 Å². The van der Waals surface area contributed by atoms with Gasteiger partial charge in [-0.3, -0.25) is 5.41 Å². The van der Waals surface area contributed by atoms with Crippen LogP contribution in [0.2, 0.25) is 0 Å². The molecule has 0 saturated heterocycles. The van der Waals surface area contributed by atoms with Crippen LogP contribution in [0.25, 0.3) is 0 Å². The van der Waals surface area contributed by atoms with Crippen LogP contribution in [0.3, 0.4) is 0 Å². The lowest BCUT2D eigenvalue weighted by Crippen LogP contribution is -2.33. The van der Waals surface area contributed by atoms with Gasteiger partial charge in [0.1, 0.15) is 0 Å². The summed E-state index contributed by atoms with van der Waals surface area (Å²) < 4.78 is 5.89. The Kier molecular flexibility index (Phi) is 4.78. The molecule has 0 amide bonds. The number of hydrogen-bond donors (Lipinski definition) is 2. The van der Waals surface area contributed by atoms with Gasteiger partial charge in [-0.2, -0.15) is 0 Å². The average molecular weight is 226 g/mol. The summed E-state index contributed by atoms with van der Waals surface area (Å²) in [5.41, 5.74) is 5.32. The maximum absolute atomic E-state index is 7.47. The van der Waals surface area contributed by atoms with Crippen molar-refractivity contribution in [1.82, 2.24) is 0 Å². The zero-order valence-corrected chi connectivity index (χ0v) is 10.9. The summed E-state index contributed by atoms with van der Waals surface area (Å²) in [6.45, 7) is 7.03. The van der Waals surface area contributed by atoms with Crippen LogP contribution in [0, 0.1) is 16.7 Å². The van der Waals surface area contributed by atoms with Gasteiger partial charge in [0.15, 0.2) is 0 Å². The van der Waals surface area contributed by atoms with E-state index in [2.05, 4.69) is 6.92 Å². The second-order valence-electron chi connectivity index (χ2n) is 5.81. The molecule has 0 radical (unpaired) electrons. The molecule has 1 aliphatic rings. The van der Waals surface area contributed by atoms with Crippen molar-refractivity contribution in [2.75, 3.05) is 6.61 Å². The van der Waals surface area contributed by atoms with Crippen LogP contribution in [-0.2, 0) is 4.74 Å². The Labute approximate surface area is 99.3 Å². The molecule has 0 aliphatic heterocycles. The summed E-state index contributed by atoms with van der Waals surface area (Å²) in [7, 11) is 0. The van der Waals surface area contributed by atoms with Crippen LogP contribution in [-0.4, -0.2) is 18.5 Å². The number of ether oxygens (including phenoxy) is 1. The second-order valence-corrected chi connectivity index (χ2v) is 5.81. The van der Waals surface area contributed by atoms with Gasteiger partial charge in [-0.1, -0.05) is 33.6 Å². The molecule has 2 atom stereocenters. The standard InChI is InChI=1S/C13H26N2O/c1-10-5-4-6-11(9-10)16-8-7-13(2,3)12(14)15/h10-11H,4-9H2,1-3H3,(H3,14,15). The van der Waals surface area contributed by atoms with E-state index in [4.69, 9.17) is 15.9 Å². The fourth-order valence-electron chi connectivity index (χ4n) is 2.15. The Morgan fingerprint density at radius 3 is 2.69 bits per heavy atom. The topological polar surface area (TPSA) is 59.1 Å². The van der Waals surface area contributed by atoms with E-state index >= 15 is 0 Å². The molecule has 16 heavy (non-hydrogen) atoms. The first-order chi connectivity index (χ1) is 7.42. The molecule has 1 rings (SSSR count). The third-order valence-corrected chi connectivity index (χ3v) is 3.70. The van der Waals surface area contributed by atoms with Crippen molar-refractivity contribution in [2.45, 2.75) is 59.0 Å². The highest BCUT2D eigenvalue weighted by molar-refractivity contribution is 5.82. The Morgan fingerprint density at radius 1 is 1.44 bits per heavy atom. The summed E-state index contributed by atoms with van der Waals surface area (Å²) in [5, 5.41) is 7.47. The van der Waals surface area contributed by atoms with Crippen molar-refractivity contribution < 1.29 is 4.74 Å².